The quantitative estimate of drug-likeness (QED) is 0.901. The van der Waals surface area contributed by atoms with Crippen molar-refractivity contribution in [3.8, 4) is 0 Å². The first-order valence-electron chi connectivity index (χ1n) is 9.99. The molecule has 1 amide bonds. The molecule has 3 aliphatic rings. The monoisotopic (exact) mass is 346 g/mol. The molecule has 5 rings (SSSR count). The van der Waals surface area contributed by atoms with E-state index in [-0.39, 0.29) is 5.91 Å². The van der Waals surface area contributed by atoms with Gasteiger partial charge in [-0.15, -0.1) is 0 Å². The van der Waals surface area contributed by atoms with Crippen LogP contribution < -0.4 is 10.2 Å². The Bertz CT molecular complexity index is 813. The van der Waals surface area contributed by atoms with Crippen molar-refractivity contribution in [2.75, 3.05) is 11.4 Å². The zero-order chi connectivity index (χ0) is 17.5. The highest BCUT2D eigenvalue weighted by Crippen LogP contribution is 2.44. The Morgan fingerprint density at radius 1 is 1.04 bits per heavy atom. The number of fused-ring (bicyclic) bond motifs is 3. The van der Waals surface area contributed by atoms with Gasteiger partial charge in [0.2, 0.25) is 0 Å². The molecule has 1 heterocycles. The van der Waals surface area contributed by atoms with E-state index in [0.717, 1.165) is 36.9 Å². The predicted molar refractivity (Wildman–Crippen MR) is 104 cm³/mol. The Morgan fingerprint density at radius 2 is 1.88 bits per heavy atom. The molecule has 0 aromatic heterocycles. The average molecular weight is 346 g/mol. The van der Waals surface area contributed by atoms with Crippen LogP contribution in [0.1, 0.15) is 47.2 Å². The largest absolute Gasteiger partial charge is 0.367 e. The minimum Gasteiger partial charge on any atom is -0.367 e. The van der Waals surface area contributed by atoms with Gasteiger partial charge in [0.05, 0.1) is 0 Å². The molecule has 3 nitrogen and oxygen atoms in total. The highest BCUT2D eigenvalue weighted by atomic mass is 16.1. The Balaban J connectivity index is 1.23. The van der Waals surface area contributed by atoms with E-state index in [2.05, 4.69) is 46.6 Å². The van der Waals surface area contributed by atoms with E-state index in [1.165, 1.54) is 42.5 Å². The van der Waals surface area contributed by atoms with Crippen LogP contribution in [0.3, 0.4) is 0 Å². The summed E-state index contributed by atoms with van der Waals surface area (Å²) in [7, 11) is 0. The van der Waals surface area contributed by atoms with Gasteiger partial charge in [-0.1, -0.05) is 36.8 Å². The van der Waals surface area contributed by atoms with Gasteiger partial charge in [-0.3, -0.25) is 4.79 Å². The van der Waals surface area contributed by atoms with Crippen LogP contribution in [0.25, 0.3) is 0 Å². The summed E-state index contributed by atoms with van der Waals surface area (Å²) in [5, 5.41) is 3.28. The average Bonchev–Trinajstić information content (AvgIpc) is 3.38. The molecule has 2 saturated carbocycles. The van der Waals surface area contributed by atoms with Gasteiger partial charge < -0.3 is 10.2 Å². The molecule has 1 aliphatic heterocycles. The van der Waals surface area contributed by atoms with Crippen molar-refractivity contribution >= 4 is 11.6 Å². The summed E-state index contributed by atoms with van der Waals surface area (Å²) in [4.78, 5) is 15.0. The van der Waals surface area contributed by atoms with Crippen molar-refractivity contribution in [1.82, 2.24) is 5.32 Å². The number of benzene rings is 2. The second kappa shape index (κ2) is 6.46. The maximum absolute atomic E-state index is 12.6. The summed E-state index contributed by atoms with van der Waals surface area (Å²) >= 11 is 0. The molecule has 2 aromatic carbocycles. The zero-order valence-electron chi connectivity index (χ0n) is 15.2. The first-order chi connectivity index (χ1) is 12.8. The lowest BCUT2D eigenvalue weighted by Gasteiger charge is -2.23. The standard InChI is InChI=1S/C23H26N2O/c26-23(24-21-14-17-7-10-20(21)13-17)19-8-5-16(6-9-19)15-25-12-11-18-3-1-2-4-22(18)25/h1-6,8-9,17,20-21H,7,10-15H2,(H,24,26)/t17-,20-,21+/m0/s1. The summed E-state index contributed by atoms with van der Waals surface area (Å²) < 4.78 is 0. The lowest BCUT2D eigenvalue weighted by molar-refractivity contribution is 0.0923. The maximum atomic E-state index is 12.6. The van der Waals surface area contributed by atoms with Crippen molar-refractivity contribution in [2.24, 2.45) is 11.8 Å². The van der Waals surface area contributed by atoms with Crippen LogP contribution in [0.5, 0.6) is 0 Å². The number of nitrogens with one attached hydrogen (secondary N) is 1. The molecule has 2 bridgehead atoms. The molecule has 1 N–H and O–H groups in total. The Hall–Kier alpha value is -2.29. The molecule has 26 heavy (non-hydrogen) atoms. The fourth-order valence-electron chi connectivity index (χ4n) is 5.23. The minimum absolute atomic E-state index is 0.0978. The predicted octanol–water partition coefficient (Wildman–Crippen LogP) is 4.17. The molecule has 0 radical (unpaired) electrons. The molecule has 3 atom stereocenters. The number of carbonyl (C=O) groups excluding carboxylic acids is 1. The third-order valence-electron chi connectivity index (χ3n) is 6.63. The number of nitrogens with zero attached hydrogens (tertiary/aromatic N) is 1. The molecule has 0 saturated heterocycles. The van der Waals surface area contributed by atoms with Gasteiger partial charge in [0.25, 0.3) is 5.91 Å². The van der Waals surface area contributed by atoms with Gasteiger partial charge in [0, 0.05) is 30.4 Å². The summed E-state index contributed by atoms with van der Waals surface area (Å²) in [6.07, 6.45) is 6.29. The molecule has 3 heteroatoms. The minimum atomic E-state index is 0.0978. The lowest BCUT2D eigenvalue weighted by atomic mass is 9.95. The smallest absolute Gasteiger partial charge is 0.251 e. The fourth-order valence-corrected chi connectivity index (χ4v) is 5.23. The van der Waals surface area contributed by atoms with Crippen LogP contribution in [0, 0.1) is 11.8 Å². The summed E-state index contributed by atoms with van der Waals surface area (Å²) in [6, 6.07) is 17.2. The Morgan fingerprint density at radius 3 is 2.65 bits per heavy atom. The second-order valence-corrected chi connectivity index (χ2v) is 8.25. The van der Waals surface area contributed by atoms with E-state index in [9.17, 15) is 4.79 Å². The van der Waals surface area contributed by atoms with E-state index in [4.69, 9.17) is 0 Å². The van der Waals surface area contributed by atoms with Crippen molar-refractivity contribution in [1.29, 1.82) is 0 Å². The van der Waals surface area contributed by atoms with Gasteiger partial charge in [-0.05, 0) is 66.8 Å². The third kappa shape index (κ3) is 2.90. The van der Waals surface area contributed by atoms with Gasteiger partial charge in [-0.2, -0.15) is 0 Å². The first-order valence-corrected chi connectivity index (χ1v) is 9.99. The molecule has 0 unspecified atom stereocenters. The van der Waals surface area contributed by atoms with Crippen LogP contribution >= 0.6 is 0 Å². The van der Waals surface area contributed by atoms with Crippen molar-refractivity contribution < 1.29 is 4.79 Å². The normalized spacial score (nSPS) is 26.2. The lowest BCUT2D eigenvalue weighted by Crippen LogP contribution is -2.38. The highest BCUT2D eigenvalue weighted by molar-refractivity contribution is 5.94. The second-order valence-electron chi connectivity index (χ2n) is 8.25. The number of amides is 1. The molecule has 2 aliphatic carbocycles. The molecular weight excluding hydrogens is 320 g/mol. The van der Waals surface area contributed by atoms with Gasteiger partial charge in [-0.25, -0.2) is 0 Å². The van der Waals surface area contributed by atoms with Crippen molar-refractivity contribution in [3.05, 3.63) is 65.2 Å². The van der Waals surface area contributed by atoms with Crippen LogP contribution in [0.4, 0.5) is 5.69 Å². The molecule has 2 aromatic rings. The van der Waals surface area contributed by atoms with E-state index >= 15 is 0 Å². The fraction of sp³-hybridized carbons (Fsp3) is 0.435. The number of para-hydroxylation sites is 1. The van der Waals surface area contributed by atoms with E-state index < -0.39 is 0 Å². The Kier molecular flexibility index (Phi) is 3.96. The van der Waals surface area contributed by atoms with E-state index in [1.807, 2.05) is 12.1 Å². The summed E-state index contributed by atoms with van der Waals surface area (Å²) in [5.41, 5.74) is 4.84. The number of anilines is 1. The maximum Gasteiger partial charge on any atom is 0.251 e. The third-order valence-corrected chi connectivity index (χ3v) is 6.63. The molecule has 2 fully saturated rings. The Labute approximate surface area is 155 Å². The number of hydrogen-bond acceptors (Lipinski definition) is 2. The van der Waals surface area contributed by atoms with Crippen molar-refractivity contribution in [3.63, 3.8) is 0 Å². The molecule has 134 valence electrons. The number of rotatable bonds is 4. The van der Waals surface area contributed by atoms with E-state index in [1.54, 1.807) is 0 Å². The SMILES string of the molecule is O=C(N[C@@H]1C[C@H]2CC[C@H]1C2)c1ccc(CN2CCc3ccccc32)cc1. The van der Waals surface area contributed by atoms with Crippen molar-refractivity contribution in [2.45, 2.75) is 44.7 Å². The topological polar surface area (TPSA) is 32.3 Å². The summed E-state index contributed by atoms with van der Waals surface area (Å²) in [6.45, 7) is 1.98. The first kappa shape index (κ1) is 15.9. The molecule has 0 spiro atoms. The van der Waals surface area contributed by atoms with Crippen LogP contribution in [-0.4, -0.2) is 18.5 Å². The van der Waals surface area contributed by atoms with Crippen LogP contribution in [-0.2, 0) is 13.0 Å². The highest BCUT2D eigenvalue weighted by Gasteiger charge is 2.40. The number of hydrogen-bond donors (Lipinski definition) is 1. The zero-order valence-corrected chi connectivity index (χ0v) is 15.2. The number of carbonyl (C=O) groups is 1. The van der Waals surface area contributed by atoms with Gasteiger partial charge in [0.15, 0.2) is 0 Å². The molecular formula is C23H26N2O. The van der Waals surface area contributed by atoms with Crippen LogP contribution in [0.2, 0.25) is 0 Å². The van der Waals surface area contributed by atoms with Gasteiger partial charge >= 0.3 is 0 Å². The van der Waals surface area contributed by atoms with E-state index in [0.29, 0.717) is 6.04 Å². The van der Waals surface area contributed by atoms with Crippen LogP contribution in [0.15, 0.2) is 48.5 Å². The van der Waals surface area contributed by atoms with Gasteiger partial charge in [0.1, 0.15) is 0 Å². The summed E-state index contributed by atoms with van der Waals surface area (Å²) in [5.74, 6) is 1.68.